The Kier molecular flexibility index (Phi) is 6.22. The van der Waals surface area contributed by atoms with Crippen LogP contribution < -0.4 is 15.8 Å². The molecule has 0 amide bonds. The van der Waals surface area contributed by atoms with Crippen molar-refractivity contribution in [3.8, 4) is 5.75 Å². The van der Waals surface area contributed by atoms with Gasteiger partial charge in [-0.3, -0.25) is 4.99 Å². The Hall–Kier alpha value is -1.19. The zero-order valence-corrected chi connectivity index (χ0v) is 15.4. The van der Waals surface area contributed by atoms with E-state index in [2.05, 4.69) is 15.0 Å². The van der Waals surface area contributed by atoms with Crippen molar-refractivity contribution in [2.45, 2.75) is 44.0 Å². The van der Waals surface area contributed by atoms with E-state index in [9.17, 15) is 13.2 Å². The summed E-state index contributed by atoms with van der Waals surface area (Å²) in [6, 6.07) is 6.26. The smallest absolute Gasteiger partial charge is 0.405 e. The number of aliphatic imine (C=N–C) groups is 1. The van der Waals surface area contributed by atoms with Crippen LogP contribution in [0.1, 0.15) is 37.2 Å². The van der Waals surface area contributed by atoms with Gasteiger partial charge in [-0.1, -0.05) is 24.6 Å². The van der Waals surface area contributed by atoms with E-state index < -0.39 is 6.36 Å². The van der Waals surface area contributed by atoms with E-state index in [0.29, 0.717) is 17.4 Å². The number of para-hydroxylation sites is 1. The molecule has 0 aromatic heterocycles. The lowest BCUT2D eigenvalue weighted by atomic mass is 9.86. The minimum atomic E-state index is -4.68. The molecule has 2 atom stereocenters. The Morgan fingerprint density at radius 1 is 1.29 bits per heavy atom. The van der Waals surface area contributed by atoms with Gasteiger partial charge in [-0.25, -0.2) is 0 Å². The number of hydrogen-bond acceptors (Lipinski definition) is 2. The summed E-state index contributed by atoms with van der Waals surface area (Å²) in [4.78, 5) is 4.31. The molecule has 134 valence electrons. The zero-order chi connectivity index (χ0) is 16.4. The number of nitrogens with zero attached hydrogens (tertiary/aromatic N) is 1. The van der Waals surface area contributed by atoms with Crippen LogP contribution in [-0.4, -0.2) is 24.9 Å². The molecule has 0 spiro atoms. The SMILES string of the molecule is I.NC(=NCC1CCC1)NC1CC1c1ccccc1OC(F)(F)F. The van der Waals surface area contributed by atoms with Crippen LogP contribution in [-0.2, 0) is 0 Å². The molecule has 0 heterocycles. The van der Waals surface area contributed by atoms with E-state index in [1.165, 1.54) is 31.4 Å². The molecule has 2 fully saturated rings. The van der Waals surface area contributed by atoms with E-state index in [1.807, 2.05) is 0 Å². The molecule has 0 saturated heterocycles. The quantitative estimate of drug-likeness (QED) is 0.404. The van der Waals surface area contributed by atoms with E-state index in [-0.39, 0.29) is 41.7 Å². The Labute approximate surface area is 156 Å². The van der Waals surface area contributed by atoms with Crippen LogP contribution in [0.3, 0.4) is 0 Å². The second-order valence-corrected chi connectivity index (χ2v) is 6.20. The van der Waals surface area contributed by atoms with Gasteiger partial charge < -0.3 is 15.8 Å². The van der Waals surface area contributed by atoms with Gasteiger partial charge in [0.05, 0.1) is 0 Å². The molecule has 3 rings (SSSR count). The van der Waals surface area contributed by atoms with Gasteiger partial charge in [0, 0.05) is 18.5 Å². The maximum Gasteiger partial charge on any atom is 0.573 e. The summed E-state index contributed by atoms with van der Waals surface area (Å²) >= 11 is 0. The van der Waals surface area contributed by atoms with Crippen molar-refractivity contribution >= 4 is 29.9 Å². The summed E-state index contributed by atoms with van der Waals surface area (Å²) in [5, 5.41) is 3.09. The summed E-state index contributed by atoms with van der Waals surface area (Å²) in [7, 11) is 0. The highest BCUT2D eigenvalue weighted by Crippen LogP contribution is 2.45. The molecule has 2 unspecified atom stereocenters. The Morgan fingerprint density at radius 2 is 2.00 bits per heavy atom. The zero-order valence-electron chi connectivity index (χ0n) is 13.1. The average Bonchev–Trinajstić information content (AvgIpc) is 3.14. The van der Waals surface area contributed by atoms with Gasteiger partial charge in [0.15, 0.2) is 5.96 Å². The van der Waals surface area contributed by atoms with Crippen LogP contribution in [0.2, 0.25) is 0 Å². The largest absolute Gasteiger partial charge is 0.573 e. The summed E-state index contributed by atoms with van der Waals surface area (Å²) in [5.41, 5.74) is 6.40. The first-order valence-electron chi connectivity index (χ1n) is 7.83. The normalized spacial score (nSPS) is 23.9. The van der Waals surface area contributed by atoms with Gasteiger partial charge in [0.2, 0.25) is 0 Å². The van der Waals surface area contributed by atoms with Crippen molar-refractivity contribution in [2.75, 3.05) is 6.54 Å². The molecule has 0 radical (unpaired) electrons. The number of alkyl halides is 3. The Bertz CT molecular complexity index is 590. The molecule has 8 heteroatoms. The van der Waals surface area contributed by atoms with E-state index >= 15 is 0 Å². The number of benzene rings is 1. The molecular weight excluding hydrogens is 434 g/mol. The molecule has 1 aromatic rings. The number of rotatable bonds is 5. The number of nitrogens with one attached hydrogen (secondary N) is 1. The molecule has 24 heavy (non-hydrogen) atoms. The van der Waals surface area contributed by atoms with Gasteiger partial charge in [-0.15, -0.1) is 37.1 Å². The highest BCUT2D eigenvalue weighted by atomic mass is 127. The number of halogens is 4. The predicted molar refractivity (Wildman–Crippen MR) is 96.7 cm³/mol. The fourth-order valence-corrected chi connectivity index (χ4v) is 2.84. The lowest BCUT2D eigenvalue weighted by molar-refractivity contribution is -0.274. The van der Waals surface area contributed by atoms with Crippen molar-refractivity contribution in [2.24, 2.45) is 16.6 Å². The monoisotopic (exact) mass is 455 g/mol. The lowest BCUT2D eigenvalue weighted by Gasteiger charge is -2.23. The molecule has 0 bridgehead atoms. The first-order valence-corrected chi connectivity index (χ1v) is 7.83. The summed E-state index contributed by atoms with van der Waals surface area (Å²) < 4.78 is 41.5. The van der Waals surface area contributed by atoms with Gasteiger partial charge in [-0.05, 0) is 36.8 Å². The van der Waals surface area contributed by atoms with E-state index in [1.54, 1.807) is 12.1 Å². The van der Waals surface area contributed by atoms with Crippen LogP contribution >= 0.6 is 24.0 Å². The number of ether oxygens (including phenoxy) is 1. The van der Waals surface area contributed by atoms with Gasteiger partial charge in [-0.2, -0.15) is 0 Å². The molecule has 4 nitrogen and oxygen atoms in total. The topological polar surface area (TPSA) is 59.6 Å². The number of hydrogen-bond donors (Lipinski definition) is 2. The van der Waals surface area contributed by atoms with Gasteiger partial charge in [0.25, 0.3) is 0 Å². The lowest BCUT2D eigenvalue weighted by Crippen LogP contribution is -2.35. The predicted octanol–water partition coefficient (Wildman–Crippen LogP) is 3.76. The maximum atomic E-state index is 12.5. The third kappa shape index (κ3) is 5.15. The van der Waals surface area contributed by atoms with Crippen molar-refractivity contribution in [1.82, 2.24) is 5.32 Å². The van der Waals surface area contributed by atoms with E-state index in [4.69, 9.17) is 5.73 Å². The minimum Gasteiger partial charge on any atom is -0.405 e. The summed E-state index contributed by atoms with van der Waals surface area (Å²) in [6.07, 6.45) is -0.306. The van der Waals surface area contributed by atoms with Crippen LogP contribution in [0.5, 0.6) is 5.75 Å². The van der Waals surface area contributed by atoms with E-state index in [0.717, 1.165) is 13.0 Å². The third-order valence-corrected chi connectivity index (χ3v) is 4.41. The maximum absolute atomic E-state index is 12.5. The fraction of sp³-hybridized carbons (Fsp3) is 0.562. The van der Waals surface area contributed by atoms with Crippen molar-refractivity contribution in [3.63, 3.8) is 0 Å². The fourth-order valence-electron chi connectivity index (χ4n) is 2.84. The molecule has 1 aromatic carbocycles. The summed E-state index contributed by atoms with van der Waals surface area (Å²) in [6.45, 7) is 0.726. The highest BCUT2D eigenvalue weighted by Gasteiger charge is 2.42. The van der Waals surface area contributed by atoms with Crippen molar-refractivity contribution in [1.29, 1.82) is 0 Å². The van der Waals surface area contributed by atoms with Crippen LogP contribution in [0.4, 0.5) is 13.2 Å². The van der Waals surface area contributed by atoms with Crippen LogP contribution in [0.15, 0.2) is 29.3 Å². The second-order valence-electron chi connectivity index (χ2n) is 6.20. The highest BCUT2D eigenvalue weighted by molar-refractivity contribution is 14.0. The molecule has 2 saturated carbocycles. The third-order valence-electron chi connectivity index (χ3n) is 4.41. The molecule has 0 aliphatic heterocycles. The number of guanidine groups is 1. The summed E-state index contributed by atoms with van der Waals surface area (Å²) in [5.74, 6) is 0.829. The standard InChI is InChI=1S/C16H20F3N3O.HI/c17-16(18,19)23-14-7-2-1-6-11(14)12-8-13(12)22-15(20)21-9-10-4-3-5-10;/h1-2,6-7,10,12-13H,3-5,8-9H2,(H3,20,21,22);1H. The average molecular weight is 455 g/mol. The van der Waals surface area contributed by atoms with Crippen molar-refractivity contribution < 1.29 is 17.9 Å². The molecule has 2 aliphatic carbocycles. The molecule has 2 aliphatic rings. The second kappa shape index (κ2) is 7.79. The Balaban J connectivity index is 0.00000208. The number of nitrogens with two attached hydrogens (primary N) is 1. The van der Waals surface area contributed by atoms with Crippen LogP contribution in [0, 0.1) is 5.92 Å². The Morgan fingerprint density at radius 3 is 2.62 bits per heavy atom. The minimum absolute atomic E-state index is 0. The first kappa shape index (κ1) is 19.1. The van der Waals surface area contributed by atoms with Crippen LogP contribution in [0.25, 0.3) is 0 Å². The van der Waals surface area contributed by atoms with Gasteiger partial charge in [0.1, 0.15) is 5.75 Å². The molecular formula is C16H21F3IN3O. The van der Waals surface area contributed by atoms with Gasteiger partial charge >= 0.3 is 6.36 Å². The van der Waals surface area contributed by atoms with Crippen molar-refractivity contribution in [3.05, 3.63) is 29.8 Å². The first-order chi connectivity index (χ1) is 10.9. The molecule has 3 N–H and O–H groups in total.